The van der Waals surface area contributed by atoms with Crippen molar-refractivity contribution in [2.24, 2.45) is 0 Å². The van der Waals surface area contributed by atoms with E-state index in [2.05, 4.69) is 15.6 Å². The van der Waals surface area contributed by atoms with Gasteiger partial charge in [0.25, 0.3) is 5.91 Å². The first kappa shape index (κ1) is 14.1. The molecule has 2 aromatic carbocycles. The van der Waals surface area contributed by atoms with E-state index in [1.807, 2.05) is 62.5 Å². The number of anilines is 2. The normalized spacial score (nSPS) is 10.5. The predicted molar refractivity (Wildman–Crippen MR) is 90.4 cm³/mol. The number of aromatic nitrogens is 1. The first-order valence-corrected chi connectivity index (χ1v) is 7.12. The highest BCUT2D eigenvalue weighted by Crippen LogP contribution is 2.16. The maximum Gasteiger partial charge on any atom is 0.274 e. The van der Waals surface area contributed by atoms with Crippen LogP contribution < -0.4 is 10.6 Å². The Bertz CT molecular complexity index is 825. The van der Waals surface area contributed by atoms with Gasteiger partial charge in [0.15, 0.2) is 0 Å². The SMILES string of the molecule is CNc1ccc(NC(=O)c2ccc3ccc(C)cc3n2)cc1. The first-order chi connectivity index (χ1) is 10.7. The molecule has 4 heteroatoms. The van der Waals surface area contributed by atoms with E-state index in [-0.39, 0.29) is 5.91 Å². The molecule has 3 rings (SSSR count). The van der Waals surface area contributed by atoms with Crippen molar-refractivity contribution in [2.45, 2.75) is 6.92 Å². The van der Waals surface area contributed by atoms with Gasteiger partial charge >= 0.3 is 0 Å². The second kappa shape index (κ2) is 5.85. The van der Waals surface area contributed by atoms with Crippen LogP contribution in [-0.4, -0.2) is 17.9 Å². The van der Waals surface area contributed by atoms with E-state index >= 15 is 0 Å². The Kier molecular flexibility index (Phi) is 3.74. The Morgan fingerprint density at radius 2 is 1.64 bits per heavy atom. The van der Waals surface area contributed by atoms with Crippen LogP contribution in [0.15, 0.2) is 54.6 Å². The lowest BCUT2D eigenvalue weighted by Gasteiger charge is -2.07. The number of nitrogens with zero attached hydrogens (tertiary/aromatic N) is 1. The lowest BCUT2D eigenvalue weighted by atomic mass is 10.1. The molecule has 4 nitrogen and oxygen atoms in total. The monoisotopic (exact) mass is 291 g/mol. The molecule has 0 aliphatic carbocycles. The summed E-state index contributed by atoms with van der Waals surface area (Å²) in [4.78, 5) is 16.7. The largest absolute Gasteiger partial charge is 0.388 e. The average molecular weight is 291 g/mol. The number of hydrogen-bond acceptors (Lipinski definition) is 3. The third-order valence-corrected chi connectivity index (χ3v) is 3.51. The molecule has 22 heavy (non-hydrogen) atoms. The number of fused-ring (bicyclic) bond motifs is 1. The summed E-state index contributed by atoms with van der Waals surface area (Å²) >= 11 is 0. The van der Waals surface area contributed by atoms with Gasteiger partial charge in [0.2, 0.25) is 0 Å². The van der Waals surface area contributed by atoms with Gasteiger partial charge in [-0.3, -0.25) is 4.79 Å². The van der Waals surface area contributed by atoms with Gasteiger partial charge in [-0.05, 0) is 48.9 Å². The number of carbonyl (C=O) groups excluding carboxylic acids is 1. The van der Waals surface area contributed by atoms with E-state index in [1.54, 1.807) is 6.07 Å². The van der Waals surface area contributed by atoms with Crippen LogP contribution in [0.25, 0.3) is 10.9 Å². The topological polar surface area (TPSA) is 54.0 Å². The predicted octanol–water partition coefficient (Wildman–Crippen LogP) is 3.84. The first-order valence-electron chi connectivity index (χ1n) is 7.12. The van der Waals surface area contributed by atoms with Gasteiger partial charge in [0.1, 0.15) is 5.69 Å². The minimum absolute atomic E-state index is 0.208. The van der Waals surface area contributed by atoms with Gasteiger partial charge in [0, 0.05) is 23.8 Å². The van der Waals surface area contributed by atoms with Gasteiger partial charge in [-0.15, -0.1) is 0 Å². The Hall–Kier alpha value is -2.88. The van der Waals surface area contributed by atoms with Crippen molar-refractivity contribution in [1.29, 1.82) is 0 Å². The fourth-order valence-corrected chi connectivity index (χ4v) is 2.27. The number of nitrogens with one attached hydrogen (secondary N) is 2. The summed E-state index contributed by atoms with van der Waals surface area (Å²) in [5, 5.41) is 6.93. The van der Waals surface area contributed by atoms with Gasteiger partial charge < -0.3 is 10.6 Å². The van der Waals surface area contributed by atoms with Crippen LogP contribution in [-0.2, 0) is 0 Å². The molecule has 1 amide bonds. The number of amides is 1. The number of benzene rings is 2. The van der Waals surface area contributed by atoms with E-state index in [9.17, 15) is 4.79 Å². The fraction of sp³-hybridized carbons (Fsp3) is 0.111. The number of pyridine rings is 1. The van der Waals surface area contributed by atoms with Crippen molar-refractivity contribution in [3.05, 3.63) is 65.9 Å². The quantitative estimate of drug-likeness (QED) is 0.771. The van der Waals surface area contributed by atoms with Gasteiger partial charge in [0.05, 0.1) is 5.52 Å². The van der Waals surface area contributed by atoms with Gasteiger partial charge in [-0.1, -0.05) is 18.2 Å². The summed E-state index contributed by atoms with van der Waals surface area (Å²) in [6.07, 6.45) is 0. The van der Waals surface area contributed by atoms with Crippen LogP contribution >= 0.6 is 0 Å². The summed E-state index contributed by atoms with van der Waals surface area (Å²) in [5.41, 5.74) is 4.11. The molecule has 0 spiro atoms. The second-order valence-electron chi connectivity index (χ2n) is 5.17. The van der Waals surface area contributed by atoms with E-state index in [0.29, 0.717) is 5.69 Å². The molecule has 0 aliphatic heterocycles. The highest BCUT2D eigenvalue weighted by molar-refractivity contribution is 6.04. The van der Waals surface area contributed by atoms with Gasteiger partial charge in [-0.2, -0.15) is 0 Å². The van der Waals surface area contributed by atoms with Crippen LogP contribution in [0.4, 0.5) is 11.4 Å². The van der Waals surface area contributed by atoms with Crippen molar-refractivity contribution in [3.63, 3.8) is 0 Å². The molecule has 0 radical (unpaired) electrons. The lowest BCUT2D eigenvalue weighted by Crippen LogP contribution is -2.13. The van der Waals surface area contributed by atoms with Crippen LogP contribution in [0.5, 0.6) is 0 Å². The van der Waals surface area contributed by atoms with Crippen molar-refractivity contribution in [1.82, 2.24) is 4.98 Å². The Morgan fingerprint density at radius 1 is 0.955 bits per heavy atom. The third-order valence-electron chi connectivity index (χ3n) is 3.51. The zero-order valence-corrected chi connectivity index (χ0v) is 12.6. The van der Waals surface area contributed by atoms with E-state index in [0.717, 1.165) is 27.8 Å². The maximum atomic E-state index is 12.3. The van der Waals surface area contributed by atoms with Crippen molar-refractivity contribution in [2.75, 3.05) is 17.7 Å². The molecule has 1 aromatic heterocycles. The number of hydrogen-bond donors (Lipinski definition) is 2. The van der Waals surface area contributed by atoms with E-state index in [4.69, 9.17) is 0 Å². The lowest BCUT2D eigenvalue weighted by molar-refractivity contribution is 0.102. The summed E-state index contributed by atoms with van der Waals surface area (Å²) in [7, 11) is 1.86. The zero-order valence-electron chi connectivity index (χ0n) is 12.6. The summed E-state index contributed by atoms with van der Waals surface area (Å²) in [6.45, 7) is 2.01. The van der Waals surface area contributed by atoms with Crippen LogP contribution in [0.3, 0.4) is 0 Å². The molecule has 1 heterocycles. The molecule has 110 valence electrons. The third kappa shape index (κ3) is 2.91. The van der Waals surface area contributed by atoms with E-state index in [1.165, 1.54) is 0 Å². The Morgan fingerprint density at radius 3 is 2.36 bits per heavy atom. The molecule has 0 bridgehead atoms. The highest BCUT2D eigenvalue weighted by atomic mass is 16.1. The molecule has 0 aliphatic rings. The van der Waals surface area contributed by atoms with Crippen molar-refractivity contribution in [3.8, 4) is 0 Å². The molecular weight excluding hydrogens is 274 g/mol. The van der Waals surface area contributed by atoms with Crippen molar-refractivity contribution >= 4 is 28.2 Å². The minimum atomic E-state index is -0.208. The summed E-state index contributed by atoms with van der Waals surface area (Å²) in [6, 6.07) is 17.2. The summed E-state index contributed by atoms with van der Waals surface area (Å²) in [5.74, 6) is -0.208. The second-order valence-corrected chi connectivity index (χ2v) is 5.17. The molecule has 0 unspecified atom stereocenters. The highest BCUT2D eigenvalue weighted by Gasteiger charge is 2.08. The summed E-state index contributed by atoms with van der Waals surface area (Å²) < 4.78 is 0. The molecule has 3 aromatic rings. The molecule has 0 saturated heterocycles. The van der Waals surface area contributed by atoms with Crippen molar-refractivity contribution < 1.29 is 4.79 Å². The standard InChI is InChI=1S/C18H17N3O/c1-12-3-4-13-5-10-16(21-17(13)11-12)18(22)20-15-8-6-14(19-2)7-9-15/h3-11,19H,1-2H3,(H,20,22). The Balaban J connectivity index is 1.84. The molecule has 0 atom stereocenters. The molecule has 0 fully saturated rings. The van der Waals surface area contributed by atoms with Crippen LogP contribution in [0.2, 0.25) is 0 Å². The Labute approximate surface area is 129 Å². The molecule has 0 saturated carbocycles. The molecular formula is C18H17N3O. The van der Waals surface area contributed by atoms with Crippen LogP contribution in [0.1, 0.15) is 16.1 Å². The smallest absolute Gasteiger partial charge is 0.274 e. The maximum absolute atomic E-state index is 12.3. The zero-order chi connectivity index (χ0) is 15.5. The van der Waals surface area contributed by atoms with E-state index < -0.39 is 0 Å². The number of rotatable bonds is 3. The van der Waals surface area contributed by atoms with Crippen LogP contribution in [0, 0.1) is 6.92 Å². The average Bonchev–Trinajstić information content (AvgIpc) is 2.54. The molecule has 2 N–H and O–H groups in total. The number of aryl methyl sites for hydroxylation is 1. The fourth-order valence-electron chi connectivity index (χ4n) is 2.27. The van der Waals surface area contributed by atoms with Gasteiger partial charge in [-0.25, -0.2) is 4.98 Å². The minimum Gasteiger partial charge on any atom is -0.388 e. The number of carbonyl (C=O) groups is 1.